The Morgan fingerprint density at radius 1 is 0.265 bits per heavy atom. The van der Waals surface area contributed by atoms with Gasteiger partial charge in [-0.15, -0.1) is 0 Å². The van der Waals surface area contributed by atoms with Crippen LogP contribution in [0.2, 0.25) is 0 Å². The molecule has 14 rings (SSSR count). The van der Waals surface area contributed by atoms with E-state index in [2.05, 4.69) is 229 Å². The van der Waals surface area contributed by atoms with Crippen LogP contribution in [0.1, 0.15) is 22.3 Å². The van der Waals surface area contributed by atoms with Gasteiger partial charge >= 0.3 is 0 Å². The number of aromatic nitrogens is 4. The van der Waals surface area contributed by atoms with Gasteiger partial charge in [0.1, 0.15) is 0 Å². The van der Waals surface area contributed by atoms with E-state index in [1.54, 1.807) is 0 Å². The number of rotatable bonds is 6. The van der Waals surface area contributed by atoms with Crippen LogP contribution in [0, 0.1) is 0 Å². The molecule has 0 saturated carbocycles. The van der Waals surface area contributed by atoms with Crippen LogP contribution in [-0.2, 0) is 5.41 Å². The Hall–Kier alpha value is -8.99. The minimum Gasteiger partial charge on any atom is -0.309 e. The second kappa shape index (κ2) is 15.0. The van der Waals surface area contributed by atoms with Gasteiger partial charge in [0.05, 0.1) is 16.4 Å². The average molecular weight is 865 g/mol. The fraction of sp³-hybridized carbons (Fsp3) is 0.0156. The van der Waals surface area contributed by atoms with Crippen molar-refractivity contribution in [3.05, 3.63) is 265 Å². The summed E-state index contributed by atoms with van der Waals surface area (Å²) in [5.74, 6) is 1.87. The van der Waals surface area contributed by atoms with E-state index < -0.39 is 5.41 Å². The monoisotopic (exact) mass is 864 g/mol. The maximum atomic E-state index is 5.43. The SMILES string of the molecule is c1ccc(-c2cc(-c3ccccc3)cc(-c3nc(-c4ccccc4)nc(-c4ccc5c(c4)C4(c6ccccc6-5)c5ccccc5-c5ccc(-n6c7ccccc7c7ccccc76)cc54)n3)c2)cc1. The first-order valence-electron chi connectivity index (χ1n) is 23.3. The third-order valence-corrected chi connectivity index (χ3v) is 14.2. The maximum Gasteiger partial charge on any atom is 0.164 e. The van der Waals surface area contributed by atoms with Crippen molar-refractivity contribution in [3.8, 4) is 84.4 Å². The van der Waals surface area contributed by atoms with Gasteiger partial charge in [0.25, 0.3) is 0 Å². The standard InChI is InChI=1S/C64H40N4/c1-4-18-41(19-5-1)45-36-46(42-20-6-2-7-21-42)38-47(37-45)63-66-61(43-22-8-3-9-23-43)65-62(67-63)44-32-34-51-49-24-10-14-28-55(49)64(57(51)39-44)56-29-15-11-25-50(56)52-35-33-48(40-58(52)64)68-59-30-16-12-26-53(59)54-27-13-17-31-60(54)68/h1-40H. The van der Waals surface area contributed by atoms with E-state index in [1.807, 2.05) is 18.2 Å². The first kappa shape index (κ1) is 38.3. The molecule has 2 aliphatic carbocycles. The summed E-state index contributed by atoms with van der Waals surface area (Å²) in [6.07, 6.45) is 0. The fourth-order valence-corrected chi connectivity index (χ4v) is 11.3. The van der Waals surface area contributed by atoms with Crippen molar-refractivity contribution >= 4 is 21.8 Å². The molecule has 0 saturated heterocycles. The minimum atomic E-state index is -0.602. The molecule has 1 unspecified atom stereocenters. The van der Waals surface area contributed by atoms with Crippen LogP contribution in [0.15, 0.2) is 243 Å². The van der Waals surface area contributed by atoms with Gasteiger partial charge in [0.15, 0.2) is 17.5 Å². The molecule has 0 aliphatic heterocycles. The Morgan fingerprint density at radius 3 is 1.25 bits per heavy atom. The van der Waals surface area contributed by atoms with Crippen LogP contribution in [0.25, 0.3) is 106 Å². The van der Waals surface area contributed by atoms with Crippen LogP contribution < -0.4 is 0 Å². The number of hydrogen-bond donors (Lipinski definition) is 0. The first-order chi connectivity index (χ1) is 33.7. The third-order valence-electron chi connectivity index (χ3n) is 14.2. The summed E-state index contributed by atoms with van der Waals surface area (Å²) in [6, 6.07) is 87.6. The molecule has 0 amide bonds. The maximum absolute atomic E-state index is 5.43. The second-order valence-corrected chi connectivity index (χ2v) is 17.9. The van der Waals surface area contributed by atoms with Crippen LogP contribution in [-0.4, -0.2) is 19.5 Å². The molecule has 2 aliphatic rings. The smallest absolute Gasteiger partial charge is 0.164 e. The molecular formula is C64H40N4. The van der Waals surface area contributed by atoms with Gasteiger partial charge < -0.3 is 4.57 Å². The zero-order chi connectivity index (χ0) is 44.8. The van der Waals surface area contributed by atoms with E-state index in [1.165, 1.54) is 66.3 Å². The van der Waals surface area contributed by atoms with Crippen molar-refractivity contribution < 1.29 is 0 Å². The Kier molecular flexibility index (Phi) is 8.46. The van der Waals surface area contributed by atoms with Crippen molar-refractivity contribution in [2.45, 2.75) is 5.41 Å². The molecule has 2 heterocycles. The van der Waals surface area contributed by atoms with E-state index in [9.17, 15) is 0 Å². The van der Waals surface area contributed by atoms with Crippen molar-refractivity contribution in [3.63, 3.8) is 0 Å². The third kappa shape index (κ3) is 5.71. The zero-order valence-electron chi connectivity index (χ0n) is 36.9. The highest BCUT2D eigenvalue weighted by Crippen LogP contribution is 2.63. The molecule has 0 N–H and O–H groups in total. The highest BCUT2D eigenvalue weighted by atomic mass is 15.0. The molecule has 0 fully saturated rings. The second-order valence-electron chi connectivity index (χ2n) is 17.9. The van der Waals surface area contributed by atoms with Gasteiger partial charge in [0, 0.05) is 33.2 Å². The first-order valence-corrected chi connectivity index (χ1v) is 23.3. The molecule has 68 heavy (non-hydrogen) atoms. The largest absolute Gasteiger partial charge is 0.309 e. The lowest BCUT2D eigenvalue weighted by molar-refractivity contribution is 0.792. The molecule has 4 nitrogen and oxygen atoms in total. The summed E-state index contributed by atoms with van der Waals surface area (Å²) in [7, 11) is 0. The van der Waals surface area contributed by atoms with E-state index in [0.29, 0.717) is 17.5 Å². The average Bonchev–Trinajstić information content (AvgIpc) is 4.03. The summed E-state index contributed by atoms with van der Waals surface area (Å²) in [4.78, 5) is 16.0. The van der Waals surface area contributed by atoms with Gasteiger partial charge in [-0.1, -0.05) is 194 Å². The van der Waals surface area contributed by atoms with E-state index in [0.717, 1.165) is 44.6 Å². The number of hydrogen-bond acceptors (Lipinski definition) is 3. The number of para-hydroxylation sites is 2. The Labute approximate surface area is 394 Å². The molecule has 316 valence electrons. The Bertz CT molecular complexity index is 3840. The number of nitrogens with zero attached hydrogens (tertiary/aromatic N) is 4. The summed E-state index contributed by atoms with van der Waals surface area (Å²) in [6.45, 7) is 0. The van der Waals surface area contributed by atoms with Crippen LogP contribution in [0.5, 0.6) is 0 Å². The topological polar surface area (TPSA) is 43.6 Å². The molecule has 10 aromatic carbocycles. The summed E-state index contributed by atoms with van der Waals surface area (Å²) >= 11 is 0. The Balaban J connectivity index is 1.01. The number of benzene rings is 10. The predicted molar refractivity (Wildman–Crippen MR) is 278 cm³/mol. The zero-order valence-corrected chi connectivity index (χ0v) is 36.9. The van der Waals surface area contributed by atoms with Crippen LogP contribution in [0.3, 0.4) is 0 Å². The van der Waals surface area contributed by atoms with Crippen molar-refractivity contribution in [1.29, 1.82) is 0 Å². The van der Waals surface area contributed by atoms with E-state index >= 15 is 0 Å². The highest BCUT2D eigenvalue weighted by Gasteiger charge is 2.52. The fourth-order valence-electron chi connectivity index (χ4n) is 11.3. The van der Waals surface area contributed by atoms with Gasteiger partial charge in [-0.05, 0) is 115 Å². The lowest BCUT2D eigenvalue weighted by Gasteiger charge is -2.31. The molecule has 2 aromatic heterocycles. The summed E-state index contributed by atoms with van der Waals surface area (Å²) in [5, 5.41) is 2.50. The molecule has 12 aromatic rings. The molecular weight excluding hydrogens is 825 g/mol. The summed E-state index contributed by atoms with van der Waals surface area (Å²) in [5.41, 5.74) is 20.2. The lowest BCUT2D eigenvalue weighted by atomic mass is 9.70. The molecule has 4 heteroatoms. The van der Waals surface area contributed by atoms with E-state index in [-0.39, 0.29) is 0 Å². The summed E-state index contributed by atoms with van der Waals surface area (Å²) < 4.78 is 2.44. The molecule has 1 spiro atoms. The lowest BCUT2D eigenvalue weighted by Crippen LogP contribution is -2.26. The minimum absolute atomic E-state index is 0.602. The van der Waals surface area contributed by atoms with Gasteiger partial charge in [-0.25, -0.2) is 15.0 Å². The van der Waals surface area contributed by atoms with Crippen LogP contribution >= 0.6 is 0 Å². The normalized spacial score (nSPS) is 14.2. The van der Waals surface area contributed by atoms with Gasteiger partial charge in [-0.3, -0.25) is 0 Å². The van der Waals surface area contributed by atoms with Crippen LogP contribution in [0.4, 0.5) is 0 Å². The van der Waals surface area contributed by atoms with Gasteiger partial charge in [-0.2, -0.15) is 0 Å². The van der Waals surface area contributed by atoms with E-state index in [4.69, 9.17) is 15.0 Å². The number of fused-ring (bicyclic) bond motifs is 13. The van der Waals surface area contributed by atoms with Crippen molar-refractivity contribution in [2.75, 3.05) is 0 Å². The van der Waals surface area contributed by atoms with Crippen molar-refractivity contribution in [2.24, 2.45) is 0 Å². The molecule has 0 bridgehead atoms. The molecule has 1 atom stereocenters. The van der Waals surface area contributed by atoms with Crippen molar-refractivity contribution in [1.82, 2.24) is 19.5 Å². The molecule has 0 radical (unpaired) electrons. The highest BCUT2D eigenvalue weighted by molar-refractivity contribution is 6.09. The van der Waals surface area contributed by atoms with Gasteiger partial charge in [0.2, 0.25) is 0 Å². The quantitative estimate of drug-likeness (QED) is 0.167. The Morgan fingerprint density at radius 2 is 0.676 bits per heavy atom. The predicted octanol–water partition coefficient (Wildman–Crippen LogP) is 15.6.